The number of aliphatic hydroxyl groups is 1. The van der Waals surface area contributed by atoms with Gasteiger partial charge in [-0.05, 0) is 23.8 Å². The van der Waals surface area contributed by atoms with Crippen molar-refractivity contribution in [3.8, 4) is 6.07 Å². The second kappa shape index (κ2) is 8.82. The zero-order valence-electron chi connectivity index (χ0n) is 13.6. The van der Waals surface area contributed by atoms with Gasteiger partial charge in [-0.3, -0.25) is 4.79 Å². The van der Waals surface area contributed by atoms with E-state index in [4.69, 9.17) is 10.00 Å². The SMILES string of the molecule is CN(CC(O)COCc1ccccc1)C(=O)c1cccc(C#N)c1. The smallest absolute Gasteiger partial charge is 0.253 e. The van der Waals surface area contributed by atoms with Crippen LogP contribution in [0.5, 0.6) is 0 Å². The number of carbonyl (C=O) groups excluding carboxylic acids is 1. The van der Waals surface area contributed by atoms with Gasteiger partial charge in [0, 0.05) is 19.2 Å². The number of hydrogen-bond donors (Lipinski definition) is 1. The standard InChI is InChI=1S/C19H20N2O3/c1-21(19(23)17-9-5-8-16(10-17)11-20)12-18(22)14-24-13-15-6-3-2-4-7-15/h2-10,18,22H,12-14H2,1H3. The molecule has 0 saturated carbocycles. The molecule has 2 aromatic carbocycles. The lowest BCUT2D eigenvalue weighted by Crippen LogP contribution is -2.36. The molecule has 0 aliphatic heterocycles. The Balaban J connectivity index is 1.81. The van der Waals surface area contributed by atoms with Crippen molar-refractivity contribution in [2.24, 2.45) is 0 Å². The minimum Gasteiger partial charge on any atom is -0.389 e. The van der Waals surface area contributed by atoms with Crippen molar-refractivity contribution < 1.29 is 14.6 Å². The third-order valence-electron chi connectivity index (χ3n) is 3.49. The van der Waals surface area contributed by atoms with Crippen LogP contribution in [0.4, 0.5) is 0 Å². The van der Waals surface area contributed by atoms with E-state index in [-0.39, 0.29) is 19.1 Å². The summed E-state index contributed by atoms with van der Waals surface area (Å²) in [5.74, 6) is -0.241. The van der Waals surface area contributed by atoms with Gasteiger partial charge in [0.25, 0.3) is 5.91 Å². The van der Waals surface area contributed by atoms with Crippen LogP contribution in [0.25, 0.3) is 0 Å². The molecule has 24 heavy (non-hydrogen) atoms. The first-order chi connectivity index (χ1) is 11.6. The molecule has 5 nitrogen and oxygen atoms in total. The van der Waals surface area contributed by atoms with Crippen LogP contribution in [0.2, 0.25) is 0 Å². The third-order valence-corrected chi connectivity index (χ3v) is 3.49. The Labute approximate surface area is 141 Å². The highest BCUT2D eigenvalue weighted by atomic mass is 16.5. The lowest BCUT2D eigenvalue weighted by molar-refractivity contribution is 0.0137. The van der Waals surface area contributed by atoms with Gasteiger partial charge in [0.2, 0.25) is 0 Å². The number of ether oxygens (including phenoxy) is 1. The van der Waals surface area contributed by atoms with E-state index >= 15 is 0 Å². The summed E-state index contributed by atoms with van der Waals surface area (Å²) in [6, 6.07) is 18.2. The van der Waals surface area contributed by atoms with Crippen LogP contribution in [0.15, 0.2) is 54.6 Å². The highest BCUT2D eigenvalue weighted by Crippen LogP contribution is 2.08. The molecule has 0 saturated heterocycles. The largest absolute Gasteiger partial charge is 0.389 e. The van der Waals surface area contributed by atoms with E-state index in [1.807, 2.05) is 36.4 Å². The quantitative estimate of drug-likeness (QED) is 0.847. The van der Waals surface area contributed by atoms with Crippen LogP contribution in [-0.2, 0) is 11.3 Å². The first kappa shape index (κ1) is 17.7. The molecule has 0 aliphatic rings. The van der Waals surface area contributed by atoms with Gasteiger partial charge in [0.1, 0.15) is 0 Å². The van der Waals surface area contributed by atoms with Gasteiger partial charge in [-0.1, -0.05) is 36.4 Å². The second-order valence-electron chi connectivity index (χ2n) is 5.53. The molecule has 5 heteroatoms. The fourth-order valence-corrected chi connectivity index (χ4v) is 2.28. The summed E-state index contributed by atoms with van der Waals surface area (Å²) in [7, 11) is 1.61. The van der Waals surface area contributed by atoms with Crippen LogP contribution >= 0.6 is 0 Å². The van der Waals surface area contributed by atoms with Crippen LogP contribution in [0.1, 0.15) is 21.5 Å². The van der Waals surface area contributed by atoms with Crippen molar-refractivity contribution in [3.63, 3.8) is 0 Å². The Morgan fingerprint density at radius 2 is 2.00 bits per heavy atom. The summed E-state index contributed by atoms with van der Waals surface area (Å²) < 4.78 is 5.47. The van der Waals surface area contributed by atoms with Crippen molar-refractivity contribution in [2.45, 2.75) is 12.7 Å². The fourth-order valence-electron chi connectivity index (χ4n) is 2.28. The molecule has 0 heterocycles. The van der Waals surface area contributed by atoms with Crippen molar-refractivity contribution in [1.82, 2.24) is 4.90 Å². The molecular formula is C19H20N2O3. The number of nitrogens with zero attached hydrogens (tertiary/aromatic N) is 2. The first-order valence-electron chi connectivity index (χ1n) is 7.65. The molecule has 124 valence electrons. The summed E-state index contributed by atoms with van der Waals surface area (Å²) >= 11 is 0. The van der Waals surface area contributed by atoms with Gasteiger partial charge in [0.15, 0.2) is 0 Å². The number of benzene rings is 2. The van der Waals surface area contributed by atoms with Gasteiger partial charge >= 0.3 is 0 Å². The number of amides is 1. The van der Waals surface area contributed by atoms with Crippen LogP contribution in [0.3, 0.4) is 0 Å². The highest BCUT2D eigenvalue weighted by Gasteiger charge is 2.16. The zero-order chi connectivity index (χ0) is 17.4. The molecule has 0 aromatic heterocycles. The van der Waals surface area contributed by atoms with Crippen molar-refractivity contribution in [2.75, 3.05) is 20.2 Å². The number of nitriles is 1. The molecule has 0 radical (unpaired) electrons. The molecule has 2 aromatic rings. The highest BCUT2D eigenvalue weighted by molar-refractivity contribution is 5.94. The van der Waals surface area contributed by atoms with E-state index in [1.54, 1.807) is 25.2 Å². The van der Waals surface area contributed by atoms with Gasteiger partial charge < -0.3 is 14.7 Å². The average Bonchev–Trinajstić information content (AvgIpc) is 2.62. The van der Waals surface area contributed by atoms with Crippen LogP contribution in [-0.4, -0.2) is 42.2 Å². The number of hydrogen-bond acceptors (Lipinski definition) is 4. The van der Waals surface area contributed by atoms with Gasteiger partial charge in [-0.25, -0.2) is 0 Å². The summed E-state index contributed by atoms with van der Waals surface area (Å²) in [5, 5.41) is 18.9. The average molecular weight is 324 g/mol. The number of likely N-dealkylation sites (N-methyl/N-ethyl adjacent to an activating group) is 1. The maximum absolute atomic E-state index is 12.3. The molecule has 1 unspecified atom stereocenters. The van der Waals surface area contributed by atoms with Crippen LogP contribution < -0.4 is 0 Å². The Morgan fingerprint density at radius 1 is 1.25 bits per heavy atom. The zero-order valence-corrected chi connectivity index (χ0v) is 13.6. The first-order valence-corrected chi connectivity index (χ1v) is 7.65. The Hall–Kier alpha value is -2.68. The molecule has 1 atom stereocenters. The van der Waals surface area contributed by atoms with Crippen LogP contribution in [0, 0.1) is 11.3 Å². The molecule has 2 rings (SSSR count). The Kier molecular flexibility index (Phi) is 6.50. The molecule has 1 N–H and O–H groups in total. The molecular weight excluding hydrogens is 304 g/mol. The number of carbonyl (C=O) groups is 1. The van der Waals surface area contributed by atoms with Gasteiger partial charge in [-0.2, -0.15) is 5.26 Å². The third kappa shape index (κ3) is 5.20. The topological polar surface area (TPSA) is 73.6 Å². The molecule has 1 amide bonds. The lowest BCUT2D eigenvalue weighted by Gasteiger charge is -2.21. The second-order valence-corrected chi connectivity index (χ2v) is 5.53. The summed E-state index contributed by atoms with van der Waals surface area (Å²) in [5.41, 5.74) is 1.89. The van der Waals surface area contributed by atoms with Gasteiger partial charge in [-0.15, -0.1) is 0 Å². The predicted octanol–water partition coefficient (Wildman–Crippen LogP) is 2.21. The summed E-state index contributed by atoms with van der Waals surface area (Å²) in [6.07, 6.45) is -0.776. The lowest BCUT2D eigenvalue weighted by atomic mass is 10.1. The summed E-state index contributed by atoms with van der Waals surface area (Å²) in [4.78, 5) is 13.7. The van der Waals surface area contributed by atoms with E-state index in [1.165, 1.54) is 11.0 Å². The normalized spacial score (nSPS) is 11.5. The molecule has 0 aliphatic carbocycles. The summed E-state index contributed by atoms with van der Waals surface area (Å²) in [6.45, 7) is 0.717. The predicted molar refractivity (Wildman–Crippen MR) is 90.2 cm³/mol. The van der Waals surface area contributed by atoms with E-state index < -0.39 is 6.10 Å². The maximum Gasteiger partial charge on any atom is 0.253 e. The van der Waals surface area contributed by atoms with Crippen molar-refractivity contribution >= 4 is 5.91 Å². The van der Waals surface area contributed by atoms with Crippen molar-refractivity contribution in [1.29, 1.82) is 5.26 Å². The monoisotopic (exact) mass is 324 g/mol. The Bertz CT molecular complexity index is 710. The maximum atomic E-state index is 12.3. The number of aliphatic hydroxyl groups excluding tert-OH is 1. The number of rotatable bonds is 7. The van der Waals surface area contributed by atoms with E-state index in [0.29, 0.717) is 17.7 Å². The van der Waals surface area contributed by atoms with E-state index in [0.717, 1.165) is 5.56 Å². The van der Waals surface area contributed by atoms with E-state index in [9.17, 15) is 9.90 Å². The van der Waals surface area contributed by atoms with Crippen molar-refractivity contribution in [3.05, 3.63) is 71.3 Å². The fraction of sp³-hybridized carbons (Fsp3) is 0.263. The minimum absolute atomic E-state index is 0.144. The van der Waals surface area contributed by atoms with E-state index in [2.05, 4.69) is 0 Å². The molecule has 0 spiro atoms. The molecule has 0 fully saturated rings. The molecule has 0 bridgehead atoms. The van der Waals surface area contributed by atoms with Gasteiger partial charge in [0.05, 0.1) is 31.0 Å². The minimum atomic E-state index is -0.776. The Morgan fingerprint density at radius 3 is 2.71 bits per heavy atom.